The molecule has 4 nitrogen and oxygen atoms in total. The van der Waals surface area contributed by atoms with E-state index < -0.39 is 0 Å². The second-order valence-corrected chi connectivity index (χ2v) is 7.22. The summed E-state index contributed by atoms with van der Waals surface area (Å²) in [6, 6.07) is 20.9. The van der Waals surface area contributed by atoms with E-state index in [1.54, 1.807) is 0 Å². The molecule has 2 unspecified atom stereocenters. The van der Waals surface area contributed by atoms with Crippen LogP contribution >= 0.6 is 0 Å². The molecule has 0 spiro atoms. The maximum atomic E-state index is 12.7. The van der Waals surface area contributed by atoms with Crippen LogP contribution in [0.4, 0.5) is 0 Å². The fraction of sp³-hybridized carbons (Fsp3) is 0.409. The Morgan fingerprint density at radius 2 is 1.54 bits per heavy atom. The van der Waals surface area contributed by atoms with Crippen molar-refractivity contribution in [3.8, 4) is 0 Å². The third kappa shape index (κ3) is 5.41. The van der Waals surface area contributed by atoms with Crippen molar-refractivity contribution >= 4 is 5.91 Å². The van der Waals surface area contributed by atoms with Crippen molar-refractivity contribution in [2.45, 2.75) is 38.4 Å². The van der Waals surface area contributed by atoms with Crippen molar-refractivity contribution in [1.82, 2.24) is 10.2 Å². The molecule has 1 amide bonds. The number of rotatable bonds is 8. The molecule has 26 heavy (non-hydrogen) atoms. The molecule has 2 aromatic carbocycles. The lowest BCUT2D eigenvalue weighted by Crippen LogP contribution is -2.44. The third-order valence-corrected chi connectivity index (χ3v) is 5.17. The van der Waals surface area contributed by atoms with Crippen LogP contribution in [0, 0.1) is 5.92 Å². The lowest BCUT2D eigenvalue weighted by molar-refractivity contribution is -0.123. The van der Waals surface area contributed by atoms with Gasteiger partial charge in [0.1, 0.15) is 0 Å². The zero-order valence-electron chi connectivity index (χ0n) is 15.3. The Labute approximate surface area is 156 Å². The summed E-state index contributed by atoms with van der Waals surface area (Å²) in [7, 11) is 0. The van der Waals surface area contributed by atoms with Gasteiger partial charge in [-0.1, -0.05) is 67.1 Å². The van der Waals surface area contributed by atoms with Gasteiger partial charge >= 0.3 is 0 Å². The van der Waals surface area contributed by atoms with E-state index in [1.165, 1.54) is 11.1 Å². The van der Waals surface area contributed by atoms with E-state index in [9.17, 15) is 4.79 Å². The van der Waals surface area contributed by atoms with Gasteiger partial charge < -0.3 is 11.1 Å². The molecule has 0 saturated heterocycles. The summed E-state index contributed by atoms with van der Waals surface area (Å²) in [5.74, 6) is 0.526. The summed E-state index contributed by atoms with van der Waals surface area (Å²) in [5, 5.41) is 3.22. The molecule has 0 aliphatic heterocycles. The van der Waals surface area contributed by atoms with Gasteiger partial charge in [-0.3, -0.25) is 9.69 Å². The van der Waals surface area contributed by atoms with Crippen molar-refractivity contribution < 1.29 is 4.79 Å². The van der Waals surface area contributed by atoms with Crippen LogP contribution in [0.2, 0.25) is 0 Å². The van der Waals surface area contributed by atoms with E-state index in [-0.39, 0.29) is 11.9 Å². The average molecular weight is 351 g/mol. The van der Waals surface area contributed by atoms with E-state index in [4.69, 9.17) is 5.73 Å². The Bertz CT molecular complexity index is 633. The van der Waals surface area contributed by atoms with Crippen molar-refractivity contribution in [3.05, 3.63) is 71.8 Å². The molecular weight excluding hydrogens is 322 g/mol. The van der Waals surface area contributed by atoms with Crippen molar-refractivity contribution in [3.63, 3.8) is 0 Å². The fourth-order valence-corrected chi connectivity index (χ4v) is 3.82. The van der Waals surface area contributed by atoms with Gasteiger partial charge in [-0.2, -0.15) is 0 Å². The van der Waals surface area contributed by atoms with E-state index in [0.29, 0.717) is 19.0 Å². The third-order valence-electron chi connectivity index (χ3n) is 5.17. The predicted octanol–water partition coefficient (Wildman–Crippen LogP) is 2.93. The van der Waals surface area contributed by atoms with Crippen LogP contribution < -0.4 is 11.1 Å². The number of carbonyl (C=O) groups excluding carboxylic acids is 1. The Kier molecular flexibility index (Phi) is 6.81. The topological polar surface area (TPSA) is 58.4 Å². The lowest BCUT2D eigenvalue weighted by Gasteiger charge is -2.25. The van der Waals surface area contributed by atoms with Gasteiger partial charge in [0.15, 0.2) is 0 Å². The molecule has 0 aromatic heterocycles. The van der Waals surface area contributed by atoms with Gasteiger partial charge in [0.2, 0.25) is 5.91 Å². The summed E-state index contributed by atoms with van der Waals surface area (Å²) in [6.45, 7) is 2.57. The first-order chi connectivity index (χ1) is 12.7. The number of hydrogen-bond donors (Lipinski definition) is 2. The lowest BCUT2D eigenvalue weighted by atomic mass is 10.0. The van der Waals surface area contributed by atoms with Crippen molar-refractivity contribution in [2.75, 3.05) is 13.1 Å². The van der Waals surface area contributed by atoms with Crippen LogP contribution in [0.1, 0.15) is 30.4 Å². The maximum absolute atomic E-state index is 12.7. The van der Waals surface area contributed by atoms with Gasteiger partial charge in [0.05, 0.1) is 6.54 Å². The molecule has 1 aliphatic rings. The van der Waals surface area contributed by atoms with Crippen LogP contribution in [-0.2, 0) is 17.9 Å². The highest BCUT2D eigenvalue weighted by atomic mass is 16.2. The molecule has 0 bridgehead atoms. The van der Waals surface area contributed by atoms with Gasteiger partial charge in [-0.25, -0.2) is 0 Å². The summed E-state index contributed by atoms with van der Waals surface area (Å²) >= 11 is 0. The minimum absolute atomic E-state index is 0.0993. The molecule has 0 heterocycles. The Hall–Kier alpha value is -2.17. The Balaban J connectivity index is 1.63. The van der Waals surface area contributed by atoms with E-state index >= 15 is 0 Å². The molecule has 4 heteroatoms. The van der Waals surface area contributed by atoms with Crippen LogP contribution in [-0.4, -0.2) is 29.9 Å². The SMILES string of the molecule is NCC1CCCC1NC(=O)CN(Cc1ccccc1)Cc1ccccc1. The first-order valence-electron chi connectivity index (χ1n) is 9.54. The standard InChI is InChI=1S/C22H29N3O/c23-14-20-12-7-13-21(20)24-22(26)17-25(15-18-8-3-1-4-9-18)16-19-10-5-2-6-11-19/h1-6,8-11,20-21H,7,12-17,23H2,(H,24,26). The largest absolute Gasteiger partial charge is 0.352 e. The second-order valence-electron chi connectivity index (χ2n) is 7.22. The smallest absolute Gasteiger partial charge is 0.234 e. The second kappa shape index (κ2) is 9.51. The number of carbonyl (C=O) groups is 1. The molecule has 3 rings (SSSR count). The normalized spacial score (nSPS) is 19.6. The molecule has 1 fully saturated rings. The summed E-state index contributed by atoms with van der Waals surface area (Å²) in [4.78, 5) is 14.9. The van der Waals surface area contributed by atoms with Crippen LogP contribution in [0.25, 0.3) is 0 Å². The minimum atomic E-state index is 0.0993. The van der Waals surface area contributed by atoms with E-state index in [0.717, 1.165) is 32.4 Å². The number of nitrogens with one attached hydrogen (secondary N) is 1. The first kappa shape index (κ1) is 18.6. The summed E-state index contributed by atoms with van der Waals surface area (Å²) in [5.41, 5.74) is 8.28. The first-order valence-corrected chi connectivity index (χ1v) is 9.54. The van der Waals surface area contributed by atoms with Gasteiger partial charge in [-0.05, 0) is 36.4 Å². The predicted molar refractivity (Wildman–Crippen MR) is 105 cm³/mol. The van der Waals surface area contributed by atoms with Crippen LogP contribution in [0.15, 0.2) is 60.7 Å². The monoisotopic (exact) mass is 351 g/mol. The molecule has 0 radical (unpaired) electrons. The molecule has 3 N–H and O–H groups in total. The van der Waals surface area contributed by atoms with Crippen molar-refractivity contribution in [1.29, 1.82) is 0 Å². The van der Waals surface area contributed by atoms with Crippen LogP contribution in [0.5, 0.6) is 0 Å². The number of amides is 1. The van der Waals surface area contributed by atoms with Crippen LogP contribution in [0.3, 0.4) is 0 Å². The van der Waals surface area contributed by atoms with Gasteiger partial charge in [-0.15, -0.1) is 0 Å². The number of benzene rings is 2. The maximum Gasteiger partial charge on any atom is 0.234 e. The highest BCUT2D eigenvalue weighted by Crippen LogP contribution is 2.24. The zero-order chi connectivity index (χ0) is 18.2. The van der Waals surface area contributed by atoms with E-state index in [1.807, 2.05) is 36.4 Å². The summed E-state index contributed by atoms with van der Waals surface area (Å²) in [6.07, 6.45) is 3.33. The number of nitrogens with two attached hydrogens (primary N) is 1. The van der Waals surface area contributed by atoms with Crippen molar-refractivity contribution in [2.24, 2.45) is 11.7 Å². The van der Waals surface area contributed by atoms with Gasteiger partial charge in [0.25, 0.3) is 0 Å². The highest BCUT2D eigenvalue weighted by Gasteiger charge is 2.27. The zero-order valence-corrected chi connectivity index (χ0v) is 15.3. The minimum Gasteiger partial charge on any atom is -0.352 e. The van der Waals surface area contributed by atoms with E-state index in [2.05, 4.69) is 34.5 Å². The summed E-state index contributed by atoms with van der Waals surface area (Å²) < 4.78 is 0. The average Bonchev–Trinajstić information content (AvgIpc) is 3.10. The Morgan fingerprint density at radius 3 is 2.08 bits per heavy atom. The van der Waals surface area contributed by atoms with Gasteiger partial charge in [0, 0.05) is 19.1 Å². The quantitative estimate of drug-likeness (QED) is 0.769. The Morgan fingerprint density at radius 1 is 0.962 bits per heavy atom. The number of nitrogens with zero attached hydrogens (tertiary/aromatic N) is 1. The molecule has 1 aliphatic carbocycles. The molecule has 1 saturated carbocycles. The molecule has 2 aromatic rings. The fourth-order valence-electron chi connectivity index (χ4n) is 3.82. The molecule has 138 valence electrons. The molecule has 2 atom stereocenters. The number of hydrogen-bond acceptors (Lipinski definition) is 3. The highest BCUT2D eigenvalue weighted by molar-refractivity contribution is 5.78. The molecular formula is C22H29N3O.